The van der Waals surface area contributed by atoms with Crippen LogP contribution >= 0.6 is 15.9 Å². The second kappa shape index (κ2) is 19.4. The van der Waals surface area contributed by atoms with E-state index in [2.05, 4.69) is 29.8 Å². The van der Waals surface area contributed by atoms with E-state index in [1.807, 2.05) is 0 Å². The summed E-state index contributed by atoms with van der Waals surface area (Å²) in [5, 5.41) is 1.15. The van der Waals surface area contributed by atoms with Crippen molar-refractivity contribution in [1.82, 2.24) is 0 Å². The van der Waals surface area contributed by atoms with Crippen molar-refractivity contribution >= 4 is 15.9 Å². The third-order valence-corrected chi connectivity index (χ3v) is 4.49. The Morgan fingerprint density at radius 3 is 1.64 bits per heavy atom. The van der Waals surface area contributed by atoms with Gasteiger partial charge in [0.15, 0.2) is 6.29 Å². The molecule has 2 nitrogen and oxygen atoms in total. The molecule has 0 aliphatic carbocycles. The first-order valence-corrected chi connectivity index (χ1v) is 10.8. The van der Waals surface area contributed by atoms with Gasteiger partial charge < -0.3 is 9.47 Å². The molecule has 0 amide bonds. The summed E-state index contributed by atoms with van der Waals surface area (Å²) in [6.45, 7) is 6.18. The van der Waals surface area contributed by atoms with Crippen LogP contribution in [0.4, 0.5) is 0 Å². The van der Waals surface area contributed by atoms with Crippen molar-refractivity contribution in [3.63, 3.8) is 0 Å². The van der Waals surface area contributed by atoms with Gasteiger partial charge in [-0.1, -0.05) is 81.1 Å². The van der Waals surface area contributed by atoms with Crippen LogP contribution in [-0.2, 0) is 9.47 Å². The summed E-state index contributed by atoms with van der Waals surface area (Å²) in [7, 11) is 0. The minimum absolute atomic E-state index is 0.0382. The van der Waals surface area contributed by atoms with Gasteiger partial charge in [0.1, 0.15) is 0 Å². The zero-order valence-corrected chi connectivity index (χ0v) is 16.7. The lowest BCUT2D eigenvalue weighted by molar-refractivity contribution is -0.148. The number of halogens is 1. The minimum Gasteiger partial charge on any atom is -0.353 e. The quantitative estimate of drug-likeness (QED) is 0.147. The van der Waals surface area contributed by atoms with Gasteiger partial charge in [-0.2, -0.15) is 0 Å². The third kappa shape index (κ3) is 16.8. The number of hydrogen-bond donors (Lipinski definition) is 0. The summed E-state index contributed by atoms with van der Waals surface area (Å²) >= 11 is 3.49. The summed E-state index contributed by atoms with van der Waals surface area (Å²) in [6.07, 6.45) is 16.4. The van der Waals surface area contributed by atoms with E-state index < -0.39 is 0 Å². The van der Waals surface area contributed by atoms with Crippen molar-refractivity contribution < 1.29 is 9.47 Å². The van der Waals surface area contributed by atoms with Crippen molar-refractivity contribution in [3.05, 3.63) is 0 Å². The average Bonchev–Trinajstić information content (AvgIpc) is 2.53. The van der Waals surface area contributed by atoms with Crippen LogP contribution in [0, 0.1) is 0 Å². The number of hydrogen-bond acceptors (Lipinski definition) is 2. The second-order valence-corrected chi connectivity index (χ2v) is 6.98. The molecule has 0 unspecified atom stereocenters. The number of rotatable bonds is 18. The molecular formula is C19H39BrO2. The number of ether oxygens (including phenoxy) is 2. The normalized spacial score (nSPS) is 11.5. The maximum absolute atomic E-state index is 5.94. The molecule has 0 saturated carbocycles. The predicted molar refractivity (Wildman–Crippen MR) is 101 cm³/mol. The van der Waals surface area contributed by atoms with Crippen LogP contribution in [0.5, 0.6) is 0 Å². The standard InChI is InChI=1S/C19H39BrO2/c1-3-5-13-17-21-19(22-18-14-6-4-2)15-11-9-7-8-10-12-16-20/h19H,3-18H2,1-2H3. The van der Waals surface area contributed by atoms with E-state index in [9.17, 15) is 0 Å². The molecule has 0 rings (SSSR count). The Kier molecular flexibility index (Phi) is 19.8. The van der Waals surface area contributed by atoms with Crippen LogP contribution in [0.2, 0.25) is 0 Å². The van der Waals surface area contributed by atoms with Crippen LogP contribution in [0.25, 0.3) is 0 Å². The summed E-state index contributed by atoms with van der Waals surface area (Å²) in [4.78, 5) is 0. The molecule has 0 aromatic heterocycles. The molecule has 0 saturated heterocycles. The summed E-state index contributed by atoms with van der Waals surface area (Å²) in [6, 6.07) is 0. The molecular weight excluding hydrogens is 340 g/mol. The monoisotopic (exact) mass is 378 g/mol. The smallest absolute Gasteiger partial charge is 0.157 e. The fourth-order valence-corrected chi connectivity index (χ4v) is 2.86. The molecule has 0 spiro atoms. The maximum atomic E-state index is 5.94. The highest BCUT2D eigenvalue weighted by Crippen LogP contribution is 2.13. The molecule has 0 atom stereocenters. The molecule has 0 heterocycles. The molecule has 134 valence electrons. The molecule has 22 heavy (non-hydrogen) atoms. The highest BCUT2D eigenvalue weighted by atomic mass is 79.9. The summed E-state index contributed by atoms with van der Waals surface area (Å²) in [5.74, 6) is 0. The zero-order valence-electron chi connectivity index (χ0n) is 15.1. The molecule has 0 N–H and O–H groups in total. The van der Waals surface area contributed by atoms with E-state index >= 15 is 0 Å². The summed E-state index contributed by atoms with van der Waals surface area (Å²) in [5.41, 5.74) is 0. The van der Waals surface area contributed by atoms with Crippen molar-refractivity contribution in [2.24, 2.45) is 0 Å². The van der Waals surface area contributed by atoms with E-state index in [-0.39, 0.29) is 6.29 Å². The Hall–Kier alpha value is 0.400. The predicted octanol–water partition coefficient (Wildman–Crippen LogP) is 6.85. The highest BCUT2D eigenvalue weighted by Gasteiger charge is 2.09. The van der Waals surface area contributed by atoms with Gasteiger partial charge in [-0.15, -0.1) is 0 Å². The van der Waals surface area contributed by atoms with Crippen LogP contribution in [0.1, 0.15) is 97.3 Å². The second-order valence-electron chi connectivity index (χ2n) is 6.18. The van der Waals surface area contributed by atoms with Crippen molar-refractivity contribution in [2.45, 2.75) is 104 Å². The lowest BCUT2D eigenvalue weighted by atomic mass is 10.1. The molecule has 0 bridgehead atoms. The zero-order chi connectivity index (χ0) is 16.3. The Labute approximate surface area is 147 Å². The van der Waals surface area contributed by atoms with Gasteiger partial charge in [0.25, 0.3) is 0 Å². The topological polar surface area (TPSA) is 18.5 Å². The van der Waals surface area contributed by atoms with Gasteiger partial charge in [0.05, 0.1) is 0 Å². The van der Waals surface area contributed by atoms with E-state index in [4.69, 9.17) is 9.47 Å². The van der Waals surface area contributed by atoms with Gasteiger partial charge in [-0.25, -0.2) is 0 Å². The maximum Gasteiger partial charge on any atom is 0.157 e. The van der Waals surface area contributed by atoms with Gasteiger partial charge in [0, 0.05) is 18.5 Å². The number of alkyl halides is 1. The van der Waals surface area contributed by atoms with Gasteiger partial charge >= 0.3 is 0 Å². The Bertz CT molecular complexity index is 188. The lowest BCUT2D eigenvalue weighted by Gasteiger charge is -2.18. The molecule has 0 aromatic carbocycles. The van der Waals surface area contributed by atoms with Crippen molar-refractivity contribution in [1.29, 1.82) is 0 Å². The molecule has 0 radical (unpaired) electrons. The molecule has 0 fully saturated rings. The van der Waals surface area contributed by atoms with Gasteiger partial charge in [-0.05, 0) is 32.1 Å². The molecule has 0 aliphatic rings. The Balaban J connectivity index is 3.66. The Morgan fingerprint density at radius 1 is 0.636 bits per heavy atom. The first-order valence-electron chi connectivity index (χ1n) is 9.64. The minimum atomic E-state index is 0.0382. The molecule has 0 aromatic rings. The van der Waals surface area contributed by atoms with Crippen LogP contribution < -0.4 is 0 Å². The van der Waals surface area contributed by atoms with E-state index in [1.54, 1.807) is 0 Å². The van der Waals surface area contributed by atoms with Crippen LogP contribution in [0.15, 0.2) is 0 Å². The SMILES string of the molecule is CCCCCOC(CCCCCCCCBr)OCCCCC. The van der Waals surface area contributed by atoms with Crippen molar-refractivity contribution in [3.8, 4) is 0 Å². The van der Waals surface area contributed by atoms with E-state index in [1.165, 1.54) is 64.2 Å². The lowest BCUT2D eigenvalue weighted by Crippen LogP contribution is -2.19. The average molecular weight is 379 g/mol. The molecule has 0 aliphatic heterocycles. The fraction of sp³-hybridized carbons (Fsp3) is 1.00. The van der Waals surface area contributed by atoms with Crippen molar-refractivity contribution in [2.75, 3.05) is 18.5 Å². The highest BCUT2D eigenvalue weighted by molar-refractivity contribution is 9.09. The third-order valence-electron chi connectivity index (χ3n) is 3.93. The first kappa shape index (κ1) is 22.4. The van der Waals surface area contributed by atoms with Gasteiger partial charge in [0.2, 0.25) is 0 Å². The first-order chi connectivity index (χ1) is 10.8. The summed E-state index contributed by atoms with van der Waals surface area (Å²) < 4.78 is 11.9. The van der Waals surface area contributed by atoms with E-state index in [0.717, 1.165) is 37.8 Å². The van der Waals surface area contributed by atoms with Crippen LogP contribution in [0.3, 0.4) is 0 Å². The number of unbranched alkanes of at least 4 members (excludes halogenated alkanes) is 9. The van der Waals surface area contributed by atoms with Gasteiger partial charge in [-0.3, -0.25) is 0 Å². The molecule has 3 heteroatoms. The van der Waals surface area contributed by atoms with E-state index in [0.29, 0.717) is 0 Å². The Morgan fingerprint density at radius 2 is 1.14 bits per heavy atom. The largest absolute Gasteiger partial charge is 0.353 e. The fourth-order valence-electron chi connectivity index (χ4n) is 2.46. The van der Waals surface area contributed by atoms with Crippen LogP contribution in [-0.4, -0.2) is 24.8 Å².